The van der Waals surface area contributed by atoms with Gasteiger partial charge in [0.1, 0.15) is 0 Å². The monoisotopic (exact) mass is 258 g/mol. The smallest absolute Gasteiger partial charge is 0.00870 e. The van der Waals surface area contributed by atoms with Gasteiger partial charge in [-0.2, -0.15) is 0 Å². The molecule has 2 heterocycles. The van der Waals surface area contributed by atoms with E-state index in [1.54, 1.807) is 16.0 Å². The van der Waals surface area contributed by atoms with E-state index in [0.717, 1.165) is 11.8 Å². The first-order chi connectivity index (χ1) is 8.92. The lowest BCUT2D eigenvalue weighted by Gasteiger charge is -2.30. The van der Waals surface area contributed by atoms with Crippen LogP contribution in [0.15, 0.2) is 23.1 Å². The molecule has 0 bridgehead atoms. The lowest BCUT2D eigenvalue weighted by atomic mass is 9.92. The molecular weight excluding hydrogens is 238 g/mol. The van der Waals surface area contributed by atoms with Crippen LogP contribution in [0.5, 0.6) is 0 Å². The lowest BCUT2D eigenvalue weighted by Crippen LogP contribution is -2.34. The van der Waals surface area contributed by atoms with Gasteiger partial charge in [-0.05, 0) is 55.8 Å². The fourth-order valence-corrected chi connectivity index (χ4v) is 4.51. The highest BCUT2D eigenvalue weighted by Crippen LogP contribution is 2.48. The molecule has 0 N–H and O–H groups in total. The van der Waals surface area contributed by atoms with Crippen molar-refractivity contribution in [3.63, 3.8) is 0 Å². The number of hydrogen-bond acceptors (Lipinski definition) is 2. The average Bonchev–Trinajstić information content (AvgIpc) is 3.06. The van der Waals surface area contributed by atoms with Crippen molar-refractivity contribution in [3.8, 4) is 0 Å². The maximum atomic E-state index is 2.70. The molecule has 1 nitrogen and oxygen atoms in total. The van der Waals surface area contributed by atoms with Gasteiger partial charge in [-0.25, -0.2) is 0 Å². The number of nitrogens with zero attached hydrogens (tertiary/aromatic N) is 1. The minimum absolute atomic E-state index is 0.748. The van der Waals surface area contributed by atoms with Gasteiger partial charge < -0.3 is 4.90 Å². The van der Waals surface area contributed by atoms with Crippen LogP contribution in [0.1, 0.15) is 35.6 Å². The topological polar surface area (TPSA) is 3.24 Å². The van der Waals surface area contributed by atoms with E-state index in [1.165, 1.54) is 45.3 Å². The predicted molar refractivity (Wildman–Crippen MR) is 76.9 cm³/mol. The summed E-state index contributed by atoms with van der Waals surface area (Å²) in [7, 11) is 0. The van der Waals surface area contributed by atoms with Crippen LogP contribution in [0, 0.1) is 12.3 Å². The molecule has 18 heavy (non-hydrogen) atoms. The second-order valence-corrected chi connectivity index (χ2v) is 6.87. The fourth-order valence-electron chi connectivity index (χ4n) is 3.59. The molecule has 95 valence electrons. The van der Waals surface area contributed by atoms with Gasteiger partial charge >= 0.3 is 0 Å². The second-order valence-electron chi connectivity index (χ2n) is 5.87. The summed E-state index contributed by atoms with van der Waals surface area (Å²) in [5, 5.41) is 2.29. The first-order valence-corrected chi connectivity index (χ1v) is 8.13. The Morgan fingerprint density at radius 1 is 1.22 bits per heavy atom. The molecule has 1 aromatic rings. The highest BCUT2D eigenvalue weighted by atomic mass is 32.1. The molecule has 1 radical (unpaired) electrons. The van der Waals surface area contributed by atoms with Crippen LogP contribution in [0.2, 0.25) is 0 Å². The molecular formula is C16H20NS. The SMILES string of the molecule is [CH]1Cc2sccc2[C@@H](CN2CCCCC2)C2C=C12. The number of allylic oxidation sites excluding steroid dienone is 2. The first kappa shape index (κ1) is 11.2. The number of hydrogen-bond donors (Lipinski definition) is 0. The number of fused-ring (bicyclic) bond motifs is 2. The van der Waals surface area contributed by atoms with Gasteiger partial charge in [0.15, 0.2) is 0 Å². The van der Waals surface area contributed by atoms with Crippen LogP contribution >= 0.6 is 11.3 Å². The van der Waals surface area contributed by atoms with Crippen molar-refractivity contribution in [1.29, 1.82) is 0 Å². The molecule has 2 heteroatoms. The molecule has 4 rings (SSSR count). The Morgan fingerprint density at radius 3 is 3.00 bits per heavy atom. The Bertz CT molecular complexity index is 467. The number of likely N-dealkylation sites (tertiary alicyclic amines) is 1. The van der Waals surface area contributed by atoms with Crippen molar-refractivity contribution < 1.29 is 0 Å². The molecule has 1 unspecified atom stereocenters. The molecule has 1 fully saturated rings. The van der Waals surface area contributed by atoms with E-state index in [1.807, 2.05) is 11.3 Å². The Balaban J connectivity index is 1.55. The zero-order valence-corrected chi connectivity index (χ0v) is 11.6. The van der Waals surface area contributed by atoms with Crippen molar-refractivity contribution in [2.24, 2.45) is 5.92 Å². The molecule has 2 atom stereocenters. The second kappa shape index (κ2) is 4.50. The lowest BCUT2D eigenvalue weighted by molar-refractivity contribution is 0.211. The van der Waals surface area contributed by atoms with E-state index in [-0.39, 0.29) is 0 Å². The highest BCUT2D eigenvalue weighted by Gasteiger charge is 2.38. The third-order valence-corrected chi connectivity index (χ3v) is 5.65. The van der Waals surface area contributed by atoms with E-state index >= 15 is 0 Å². The summed E-state index contributed by atoms with van der Waals surface area (Å²) in [6, 6.07) is 2.39. The van der Waals surface area contributed by atoms with Crippen LogP contribution in [0.25, 0.3) is 0 Å². The van der Waals surface area contributed by atoms with Crippen molar-refractivity contribution in [1.82, 2.24) is 4.90 Å². The van der Waals surface area contributed by atoms with Crippen molar-refractivity contribution in [2.45, 2.75) is 31.6 Å². The summed E-state index contributed by atoms with van der Waals surface area (Å²) >= 11 is 1.95. The van der Waals surface area contributed by atoms with Gasteiger partial charge in [-0.1, -0.05) is 18.1 Å². The third kappa shape index (κ3) is 1.96. The van der Waals surface area contributed by atoms with E-state index < -0.39 is 0 Å². The van der Waals surface area contributed by atoms with Crippen molar-refractivity contribution >= 4 is 11.3 Å². The molecule has 0 amide bonds. The van der Waals surface area contributed by atoms with Crippen LogP contribution in [0.4, 0.5) is 0 Å². The van der Waals surface area contributed by atoms with Crippen LogP contribution in [-0.4, -0.2) is 24.5 Å². The van der Waals surface area contributed by atoms with Gasteiger partial charge in [0.05, 0.1) is 0 Å². The summed E-state index contributed by atoms with van der Waals surface area (Å²) < 4.78 is 0. The zero-order chi connectivity index (χ0) is 11.9. The average molecular weight is 258 g/mol. The Morgan fingerprint density at radius 2 is 2.11 bits per heavy atom. The summed E-state index contributed by atoms with van der Waals surface area (Å²) in [5.74, 6) is 1.51. The fraction of sp³-hybridized carbons (Fsp3) is 0.562. The molecule has 1 saturated heterocycles. The van der Waals surface area contributed by atoms with E-state index in [0.29, 0.717) is 0 Å². The van der Waals surface area contributed by atoms with E-state index in [9.17, 15) is 0 Å². The van der Waals surface area contributed by atoms with E-state index in [4.69, 9.17) is 0 Å². The number of rotatable bonds is 2. The predicted octanol–water partition coefficient (Wildman–Crippen LogP) is 3.63. The molecule has 1 aromatic heterocycles. The molecule has 0 aromatic carbocycles. The Kier molecular flexibility index (Phi) is 2.81. The maximum absolute atomic E-state index is 2.70. The van der Waals surface area contributed by atoms with Gasteiger partial charge in [0.2, 0.25) is 0 Å². The van der Waals surface area contributed by atoms with Crippen LogP contribution < -0.4 is 0 Å². The van der Waals surface area contributed by atoms with Crippen LogP contribution in [-0.2, 0) is 6.42 Å². The van der Waals surface area contributed by atoms with Crippen molar-refractivity contribution in [3.05, 3.63) is 40.0 Å². The van der Waals surface area contributed by atoms with Crippen LogP contribution in [0.3, 0.4) is 0 Å². The quantitative estimate of drug-likeness (QED) is 0.783. The minimum Gasteiger partial charge on any atom is -0.303 e. The Hall–Kier alpha value is -0.600. The number of thiophene rings is 1. The number of piperidine rings is 1. The normalized spacial score (nSPS) is 31.2. The summed E-state index contributed by atoms with van der Waals surface area (Å²) in [6.45, 7) is 3.92. The molecule has 2 aliphatic carbocycles. The Labute approximate surface area is 114 Å². The minimum atomic E-state index is 0.748. The van der Waals surface area contributed by atoms with Crippen molar-refractivity contribution in [2.75, 3.05) is 19.6 Å². The zero-order valence-electron chi connectivity index (χ0n) is 10.8. The van der Waals surface area contributed by atoms with Gasteiger partial charge in [-0.3, -0.25) is 0 Å². The maximum Gasteiger partial charge on any atom is 0.00870 e. The summed E-state index contributed by atoms with van der Waals surface area (Å²) in [4.78, 5) is 4.31. The largest absolute Gasteiger partial charge is 0.303 e. The summed E-state index contributed by atoms with van der Waals surface area (Å²) in [5.41, 5.74) is 3.27. The highest BCUT2D eigenvalue weighted by molar-refractivity contribution is 7.10. The third-order valence-electron chi connectivity index (χ3n) is 4.69. The van der Waals surface area contributed by atoms with E-state index in [2.05, 4.69) is 28.8 Å². The first-order valence-electron chi connectivity index (χ1n) is 7.25. The van der Waals surface area contributed by atoms with Gasteiger partial charge in [-0.15, -0.1) is 11.3 Å². The van der Waals surface area contributed by atoms with Gasteiger partial charge in [0.25, 0.3) is 0 Å². The van der Waals surface area contributed by atoms with Gasteiger partial charge in [0, 0.05) is 23.3 Å². The molecule has 1 aliphatic heterocycles. The summed E-state index contributed by atoms with van der Waals surface area (Å²) in [6.07, 6.45) is 10.4. The molecule has 0 saturated carbocycles. The molecule has 0 spiro atoms. The standard InChI is InChI=1S/C16H20NS/c1-2-7-17(8-3-1)11-15-13-6-9-18-16(13)5-4-12-10-14(12)15/h4,6,9-10,14-15H,1-3,5,7-8,11H2/t14?,15-/m1/s1. The molecule has 3 aliphatic rings.